The molecule has 0 bridgehead atoms. The number of hydrogen-bond acceptors (Lipinski definition) is 1. The van der Waals surface area contributed by atoms with Gasteiger partial charge >= 0.3 is 0 Å². The van der Waals surface area contributed by atoms with E-state index in [1.54, 1.807) is 0 Å². The monoisotopic (exact) mass is 517 g/mol. The maximum Gasteiger partial charge on any atom is 0.0806 e. The number of rotatable bonds is 5. The van der Waals surface area contributed by atoms with Crippen LogP contribution in [-0.4, -0.2) is 6.54 Å². The van der Waals surface area contributed by atoms with Crippen LogP contribution in [0.4, 0.5) is 5.69 Å². The number of hydrogen-bond donors (Lipinski definition) is 0. The van der Waals surface area contributed by atoms with E-state index in [0.29, 0.717) is 0 Å². The van der Waals surface area contributed by atoms with Crippen molar-refractivity contribution in [1.29, 1.82) is 0 Å². The fraction of sp³-hybridized carbons (Fsp3) is 0.128. The van der Waals surface area contributed by atoms with E-state index in [9.17, 15) is 0 Å². The molecular formula is C39H35N. The van der Waals surface area contributed by atoms with Crippen molar-refractivity contribution in [1.82, 2.24) is 0 Å². The predicted octanol–water partition coefficient (Wildman–Crippen LogP) is 9.84. The van der Waals surface area contributed by atoms with Gasteiger partial charge in [0.1, 0.15) is 0 Å². The standard InChI is InChI=1S/C39H35N/c1-28-19-23-32(24-20-28)38(33-25-21-29(2)22-26-33)36-27-40(35-17-11-6-12-18-35)39(34-15-9-5-10-16-34)37(36)30(3)31-13-7-4-8-14-31/h4-26,39H,27H2,1-3H3/b37-30+. The Hall–Kier alpha value is -4.62. The first-order chi connectivity index (χ1) is 19.6. The Balaban J connectivity index is 1.71. The van der Waals surface area contributed by atoms with Crippen LogP contribution in [0.5, 0.6) is 0 Å². The van der Waals surface area contributed by atoms with Gasteiger partial charge in [-0.2, -0.15) is 0 Å². The predicted molar refractivity (Wildman–Crippen MR) is 170 cm³/mol. The average Bonchev–Trinajstić information content (AvgIpc) is 3.40. The number of nitrogens with zero attached hydrogens (tertiary/aromatic N) is 1. The summed E-state index contributed by atoms with van der Waals surface area (Å²) >= 11 is 0. The fourth-order valence-corrected chi connectivity index (χ4v) is 5.95. The number of benzene rings is 5. The maximum atomic E-state index is 2.58. The molecule has 1 heterocycles. The summed E-state index contributed by atoms with van der Waals surface area (Å²) in [5.41, 5.74) is 14.2. The Morgan fingerprint density at radius 2 is 1.02 bits per heavy atom. The zero-order chi connectivity index (χ0) is 27.5. The molecule has 1 nitrogen and oxygen atoms in total. The molecule has 0 saturated carbocycles. The van der Waals surface area contributed by atoms with Crippen LogP contribution < -0.4 is 4.90 Å². The summed E-state index contributed by atoms with van der Waals surface area (Å²) in [6.45, 7) is 7.44. The lowest BCUT2D eigenvalue weighted by atomic mass is 9.84. The van der Waals surface area contributed by atoms with Crippen LogP contribution in [0.15, 0.2) is 151 Å². The Kier molecular flexibility index (Phi) is 7.21. The molecule has 6 rings (SSSR count). The first-order valence-electron chi connectivity index (χ1n) is 14.1. The third kappa shape index (κ3) is 5.03. The molecule has 40 heavy (non-hydrogen) atoms. The Morgan fingerprint density at radius 1 is 0.550 bits per heavy atom. The zero-order valence-corrected chi connectivity index (χ0v) is 23.5. The molecule has 0 aromatic heterocycles. The number of allylic oxidation sites excluding steroid dienone is 1. The molecule has 0 radical (unpaired) electrons. The molecule has 1 fully saturated rings. The van der Waals surface area contributed by atoms with Crippen LogP contribution in [0, 0.1) is 13.8 Å². The lowest BCUT2D eigenvalue weighted by molar-refractivity contribution is 0.810. The Labute approximate surface area is 238 Å². The summed E-state index contributed by atoms with van der Waals surface area (Å²) in [5, 5.41) is 0. The van der Waals surface area contributed by atoms with Gasteiger partial charge in [-0.15, -0.1) is 0 Å². The van der Waals surface area contributed by atoms with E-state index >= 15 is 0 Å². The normalized spacial score (nSPS) is 16.2. The van der Waals surface area contributed by atoms with Gasteiger partial charge in [0, 0.05) is 12.2 Å². The minimum atomic E-state index is 0.0877. The maximum absolute atomic E-state index is 2.58. The summed E-state index contributed by atoms with van der Waals surface area (Å²) in [6.07, 6.45) is 0. The highest BCUT2D eigenvalue weighted by atomic mass is 15.2. The van der Waals surface area contributed by atoms with Crippen molar-refractivity contribution in [3.8, 4) is 0 Å². The van der Waals surface area contributed by atoms with Gasteiger partial charge in [-0.25, -0.2) is 0 Å². The highest BCUT2D eigenvalue weighted by Gasteiger charge is 2.38. The van der Waals surface area contributed by atoms with E-state index in [2.05, 4.69) is 165 Å². The lowest BCUT2D eigenvalue weighted by Gasteiger charge is -2.28. The van der Waals surface area contributed by atoms with Gasteiger partial charge in [0.25, 0.3) is 0 Å². The molecule has 196 valence electrons. The van der Waals surface area contributed by atoms with Gasteiger partial charge < -0.3 is 4.90 Å². The van der Waals surface area contributed by atoms with Crippen molar-refractivity contribution in [3.63, 3.8) is 0 Å². The number of anilines is 1. The second-order valence-corrected chi connectivity index (χ2v) is 10.8. The van der Waals surface area contributed by atoms with Crippen molar-refractivity contribution in [2.75, 3.05) is 11.4 Å². The van der Waals surface area contributed by atoms with E-state index in [1.807, 2.05) is 0 Å². The molecule has 0 amide bonds. The van der Waals surface area contributed by atoms with Crippen LogP contribution >= 0.6 is 0 Å². The van der Waals surface area contributed by atoms with Crippen molar-refractivity contribution in [2.45, 2.75) is 26.8 Å². The summed E-state index contributed by atoms with van der Waals surface area (Å²) in [5.74, 6) is 0. The van der Waals surface area contributed by atoms with Crippen molar-refractivity contribution >= 4 is 16.8 Å². The molecule has 1 unspecified atom stereocenters. The smallest absolute Gasteiger partial charge is 0.0806 e. The van der Waals surface area contributed by atoms with Gasteiger partial charge in [-0.05, 0) is 77.5 Å². The Bertz CT molecular complexity index is 1600. The second-order valence-electron chi connectivity index (χ2n) is 10.8. The molecule has 0 spiro atoms. The van der Waals surface area contributed by atoms with E-state index in [4.69, 9.17) is 0 Å². The molecule has 5 aromatic carbocycles. The van der Waals surface area contributed by atoms with Gasteiger partial charge in [0.15, 0.2) is 0 Å². The van der Waals surface area contributed by atoms with E-state index in [1.165, 1.54) is 61.4 Å². The van der Waals surface area contributed by atoms with Crippen molar-refractivity contribution in [2.24, 2.45) is 0 Å². The van der Waals surface area contributed by atoms with E-state index in [0.717, 1.165) is 6.54 Å². The summed E-state index contributed by atoms with van der Waals surface area (Å²) < 4.78 is 0. The minimum absolute atomic E-state index is 0.0877. The second kappa shape index (κ2) is 11.2. The topological polar surface area (TPSA) is 3.24 Å². The molecule has 1 heteroatoms. The molecule has 1 aliphatic rings. The van der Waals surface area contributed by atoms with Crippen molar-refractivity contribution < 1.29 is 0 Å². The molecule has 0 N–H and O–H groups in total. The highest BCUT2D eigenvalue weighted by Crippen LogP contribution is 2.49. The van der Waals surface area contributed by atoms with Crippen LogP contribution in [0.25, 0.3) is 11.1 Å². The Morgan fingerprint density at radius 3 is 1.55 bits per heavy atom. The largest absolute Gasteiger partial charge is 0.356 e. The summed E-state index contributed by atoms with van der Waals surface area (Å²) in [6, 6.07) is 50.9. The molecule has 0 aliphatic carbocycles. The fourth-order valence-electron chi connectivity index (χ4n) is 5.95. The molecule has 1 aliphatic heterocycles. The summed E-state index contributed by atoms with van der Waals surface area (Å²) in [7, 11) is 0. The zero-order valence-electron chi connectivity index (χ0n) is 23.5. The third-order valence-electron chi connectivity index (χ3n) is 8.03. The van der Waals surface area contributed by atoms with E-state index < -0.39 is 0 Å². The quantitative estimate of drug-likeness (QED) is 0.224. The first kappa shape index (κ1) is 25.6. The summed E-state index contributed by atoms with van der Waals surface area (Å²) in [4.78, 5) is 2.58. The number of para-hydroxylation sites is 1. The molecule has 5 aromatic rings. The number of aryl methyl sites for hydroxylation is 2. The van der Waals surface area contributed by atoms with E-state index in [-0.39, 0.29) is 6.04 Å². The van der Waals surface area contributed by atoms with Crippen LogP contribution in [-0.2, 0) is 0 Å². The highest BCUT2D eigenvalue weighted by molar-refractivity contribution is 5.91. The minimum Gasteiger partial charge on any atom is -0.356 e. The van der Waals surface area contributed by atoms with Gasteiger partial charge in [-0.1, -0.05) is 139 Å². The van der Waals surface area contributed by atoms with Crippen LogP contribution in [0.2, 0.25) is 0 Å². The van der Waals surface area contributed by atoms with Crippen LogP contribution in [0.1, 0.15) is 46.3 Å². The van der Waals surface area contributed by atoms with Gasteiger partial charge in [-0.3, -0.25) is 0 Å². The average molecular weight is 518 g/mol. The van der Waals surface area contributed by atoms with Gasteiger partial charge in [0.05, 0.1) is 6.04 Å². The molecule has 1 atom stereocenters. The van der Waals surface area contributed by atoms with Gasteiger partial charge in [0.2, 0.25) is 0 Å². The SMILES string of the molecule is C/C(=C1/C(=C(c2ccc(C)cc2)c2ccc(C)cc2)CN(c2ccccc2)C1c1ccccc1)c1ccccc1. The lowest BCUT2D eigenvalue weighted by Crippen LogP contribution is -2.23. The molecule has 1 saturated heterocycles. The first-order valence-corrected chi connectivity index (χ1v) is 14.1. The molecular weight excluding hydrogens is 482 g/mol. The third-order valence-corrected chi connectivity index (χ3v) is 8.03. The van der Waals surface area contributed by atoms with Crippen molar-refractivity contribution in [3.05, 3.63) is 184 Å². The van der Waals surface area contributed by atoms with Crippen LogP contribution in [0.3, 0.4) is 0 Å².